The lowest BCUT2D eigenvalue weighted by molar-refractivity contribution is -0.127. The van der Waals surface area contributed by atoms with Gasteiger partial charge in [-0.15, -0.1) is 0 Å². The molecule has 25 heavy (non-hydrogen) atoms. The van der Waals surface area contributed by atoms with Crippen LogP contribution in [0.5, 0.6) is 11.5 Å². The highest BCUT2D eigenvalue weighted by atomic mass is 16.5. The van der Waals surface area contributed by atoms with Gasteiger partial charge in [0.1, 0.15) is 18.6 Å². The molecule has 0 radical (unpaired) electrons. The first-order valence-corrected chi connectivity index (χ1v) is 8.18. The summed E-state index contributed by atoms with van der Waals surface area (Å²) in [7, 11) is 0. The number of rotatable bonds is 5. The van der Waals surface area contributed by atoms with Crippen molar-refractivity contribution in [1.29, 1.82) is 5.41 Å². The maximum Gasteiger partial charge on any atom is 0.263 e. The fourth-order valence-electron chi connectivity index (χ4n) is 3.13. The maximum atomic E-state index is 11.4. The van der Waals surface area contributed by atoms with Gasteiger partial charge in [0.15, 0.2) is 0 Å². The zero-order chi connectivity index (χ0) is 18.0. The molecular formula is C18H22N3O4+. The Morgan fingerprint density at radius 3 is 2.92 bits per heavy atom. The lowest BCUT2D eigenvalue weighted by atomic mass is 9.86. The van der Waals surface area contributed by atoms with Gasteiger partial charge in [-0.1, -0.05) is 0 Å². The van der Waals surface area contributed by atoms with E-state index < -0.39 is 12.1 Å². The third kappa shape index (κ3) is 3.42. The summed E-state index contributed by atoms with van der Waals surface area (Å²) in [6, 6.07) is 8.89. The quantitative estimate of drug-likeness (QED) is 0.472. The van der Waals surface area contributed by atoms with Crippen molar-refractivity contribution in [2.75, 3.05) is 13.2 Å². The van der Waals surface area contributed by atoms with Crippen LogP contribution in [0.15, 0.2) is 30.3 Å². The average Bonchev–Trinajstić information content (AvgIpc) is 2.59. The molecule has 0 saturated carbocycles. The second-order valence-electron chi connectivity index (χ2n) is 6.08. The van der Waals surface area contributed by atoms with Crippen LogP contribution in [0.2, 0.25) is 0 Å². The Kier molecular flexibility index (Phi) is 4.87. The Balaban J connectivity index is 1.98. The highest BCUT2D eigenvalue weighted by molar-refractivity contribution is 6.13. The first-order valence-electron chi connectivity index (χ1n) is 8.18. The van der Waals surface area contributed by atoms with Crippen LogP contribution >= 0.6 is 0 Å². The Bertz CT molecular complexity index is 821. The number of benzene rings is 2. The first kappa shape index (κ1) is 17.2. The molecule has 1 aliphatic rings. The minimum atomic E-state index is -1.10. The van der Waals surface area contributed by atoms with E-state index in [1.54, 1.807) is 12.1 Å². The molecule has 2 unspecified atom stereocenters. The van der Waals surface area contributed by atoms with Crippen molar-refractivity contribution in [3.63, 3.8) is 0 Å². The zero-order valence-electron chi connectivity index (χ0n) is 13.7. The number of piperidine rings is 1. The molecule has 1 saturated heterocycles. The monoisotopic (exact) mass is 344 g/mol. The van der Waals surface area contributed by atoms with Gasteiger partial charge < -0.3 is 31.4 Å². The van der Waals surface area contributed by atoms with Crippen molar-refractivity contribution < 1.29 is 19.7 Å². The lowest BCUT2D eigenvalue weighted by Gasteiger charge is -2.29. The number of amides is 1. The SMILES string of the molecule is N=C(c1c([OH2+])ccc2cc(OCCN)ccc12)C1CCC(=O)NC1O. The van der Waals surface area contributed by atoms with Gasteiger partial charge in [0.2, 0.25) is 5.91 Å². The van der Waals surface area contributed by atoms with Gasteiger partial charge in [-0.2, -0.15) is 0 Å². The molecule has 1 heterocycles. The van der Waals surface area contributed by atoms with Gasteiger partial charge >= 0.3 is 0 Å². The predicted octanol–water partition coefficient (Wildman–Crippen LogP) is 0.828. The predicted molar refractivity (Wildman–Crippen MR) is 95.3 cm³/mol. The smallest absolute Gasteiger partial charge is 0.263 e. The average molecular weight is 344 g/mol. The topological polar surface area (TPSA) is 131 Å². The Morgan fingerprint density at radius 1 is 1.40 bits per heavy atom. The number of aliphatic hydroxyl groups excluding tert-OH is 1. The van der Waals surface area contributed by atoms with E-state index in [1.165, 1.54) is 0 Å². The molecule has 7 heteroatoms. The van der Waals surface area contributed by atoms with E-state index in [0.717, 1.165) is 10.8 Å². The molecule has 132 valence electrons. The van der Waals surface area contributed by atoms with Crippen molar-refractivity contribution >= 4 is 22.4 Å². The normalized spacial score (nSPS) is 20.3. The number of ether oxygens (including phenoxy) is 1. The van der Waals surface area contributed by atoms with Crippen LogP contribution in [-0.2, 0) is 4.79 Å². The molecule has 1 aliphatic heterocycles. The van der Waals surface area contributed by atoms with Crippen LogP contribution in [0.25, 0.3) is 10.8 Å². The van der Waals surface area contributed by atoms with Crippen LogP contribution in [0.4, 0.5) is 0 Å². The lowest BCUT2D eigenvalue weighted by Crippen LogP contribution is -2.47. The van der Waals surface area contributed by atoms with Gasteiger partial charge in [-0.05, 0) is 36.1 Å². The summed E-state index contributed by atoms with van der Waals surface area (Å²) in [6.45, 7) is 0.837. The Hall–Kier alpha value is -2.64. The van der Waals surface area contributed by atoms with E-state index in [-0.39, 0.29) is 23.8 Å². The standard InChI is InChI=1S/C18H21N3O4/c19-7-8-25-11-2-3-12-10(9-11)1-5-14(22)16(12)17(20)13-4-6-15(23)21-18(13)24/h1-3,5,9,13,18,20,22,24H,4,6-8,19H2,(H,21,23)/p+1. The van der Waals surface area contributed by atoms with E-state index >= 15 is 0 Å². The van der Waals surface area contributed by atoms with Crippen molar-refractivity contribution in [2.45, 2.75) is 19.1 Å². The van der Waals surface area contributed by atoms with Gasteiger partial charge in [0, 0.05) is 30.3 Å². The van der Waals surface area contributed by atoms with Crippen molar-refractivity contribution in [1.82, 2.24) is 5.32 Å². The summed E-state index contributed by atoms with van der Waals surface area (Å²) in [4.78, 5) is 11.4. The largest absolute Gasteiger partial charge is 0.593 e. The third-order valence-electron chi connectivity index (χ3n) is 4.39. The number of carbonyl (C=O) groups excluding carboxylic acids is 1. The fourth-order valence-corrected chi connectivity index (χ4v) is 3.13. The molecule has 1 amide bonds. The van der Waals surface area contributed by atoms with Crippen molar-refractivity contribution in [2.24, 2.45) is 11.7 Å². The zero-order valence-corrected chi connectivity index (χ0v) is 13.7. The van der Waals surface area contributed by atoms with E-state index in [0.29, 0.717) is 30.9 Å². The molecular weight excluding hydrogens is 322 g/mol. The Labute approximate surface area is 144 Å². The number of hydrogen-bond donors (Lipinski definition) is 4. The number of fused-ring (bicyclic) bond motifs is 1. The van der Waals surface area contributed by atoms with Crippen molar-refractivity contribution in [3.05, 3.63) is 35.9 Å². The first-order chi connectivity index (χ1) is 12.0. The molecule has 2 atom stereocenters. The van der Waals surface area contributed by atoms with E-state index in [4.69, 9.17) is 21.0 Å². The second-order valence-corrected chi connectivity index (χ2v) is 6.08. The highest BCUT2D eigenvalue weighted by Crippen LogP contribution is 2.33. The Morgan fingerprint density at radius 2 is 2.20 bits per heavy atom. The fraction of sp³-hybridized carbons (Fsp3) is 0.333. The van der Waals surface area contributed by atoms with E-state index in [2.05, 4.69) is 5.32 Å². The summed E-state index contributed by atoms with van der Waals surface area (Å²) in [6.07, 6.45) is -0.450. The molecule has 0 spiro atoms. The van der Waals surface area contributed by atoms with Crippen LogP contribution in [0.3, 0.4) is 0 Å². The van der Waals surface area contributed by atoms with E-state index in [9.17, 15) is 9.90 Å². The molecule has 7 N–H and O–H groups in total. The second kappa shape index (κ2) is 7.08. The molecule has 7 nitrogen and oxygen atoms in total. The molecule has 0 aromatic heterocycles. The minimum absolute atomic E-state index is 0.165. The van der Waals surface area contributed by atoms with Crippen LogP contribution in [0.1, 0.15) is 18.4 Å². The number of nitrogens with two attached hydrogens (primary N) is 1. The molecule has 2 aromatic rings. The maximum absolute atomic E-state index is 11.4. The van der Waals surface area contributed by atoms with E-state index in [1.807, 2.05) is 18.2 Å². The van der Waals surface area contributed by atoms with Gasteiger partial charge in [0.05, 0.1) is 11.3 Å². The number of carbonyl (C=O) groups is 1. The third-order valence-corrected chi connectivity index (χ3v) is 4.39. The minimum Gasteiger partial charge on any atom is -0.593 e. The number of aliphatic hydroxyl groups is 1. The van der Waals surface area contributed by atoms with Crippen LogP contribution in [0, 0.1) is 11.3 Å². The summed E-state index contributed by atoms with van der Waals surface area (Å²) in [5.74, 6) is 0.151. The van der Waals surface area contributed by atoms with Crippen molar-refractivity contribution in [3.8, 4) is 11.5 Å². The summed E-state index contributed by atoms with van der Waals surface area (Å²) in [5, 5.41) is 30.9. The summed E-state index contributed by atoms with van der Waals surface area (Å²) < 4.78 is 5.53. The molecule has 0 bridgehead atoms. The van der Waals surface area contributed by atoms with Crippen LogP contribution < -0.4 is 15.8 Å². The van der Waals surface area contributed by atoms with Gasteiger partial charge in [-0.25, -0.2) is 0 Å². The summed E-state index contributed by atoms with van der Waals surface area (Å²) >= 11 is 0. The number of nitrogens with one attached hydrogen (secondary N) is 2. The molecule has 1 fully saturated rings. The van der Waals surface area contributed by atoms with Gasteiger partial charge in [0.25, 0.3) is 5.75 Å². The molecule has 3 rings (SSSR count). The summed E-state index contributed by atoms with van der Waals surface area (Å²) in [5.41, 5.74) is 6.09. The van der Waals surface area contributed by atoms with Crippen LogP contribution in [-0.4, -0.2) is 41.2 Å². The number of hydrogen-bond acceptors (Lipinski definition) is 5. The molecule has 2 aromatic carbocycles. The van der Waals surface area contributed by atoms with Gasteiger partial charge in [-0.3, -0.25) is 4.79 Å². The molecule has 0 aliphatic carbocycles. The highest BCUT2D eigenvalue weighted by Gasteiger charge is 2.33.